The summed E-state index contributed by atoms with van der Waals surface area (Å²) in [7, 11) is 0. The van der Waals surface area contributed by atoms with Gasteiger partial charge in [-0.2, -0.15) is 0 Å². The average molecular weight is 247 g/mol. The van der Waals surface area contributed by atoms with Crippen molar-refractivity contribution in [2.75, 3.05) is 6.26 Å². The van der Waals surface area contributed by atoms with E-state index in [9.17, 15) is 4.39 Å². The van der Waals surface area contributed by atoms with E-state index in [4.69, 9.17) is 11.6 Å². The van der Waals surface area contributed by atoms with Gasteiger partial charge in [0.15, 0.2) is 0 Å². The summed E-state index contributed by atoms with van der Waals surface area (Å²) in [6.07, 6.45) is 1.99. The lowest BCUT2D eigenvalue weighted by molar-refractivity contribution is 0.639. The molecule has 0 aliphatic carbocycles. The molecule has 0 bridgehead atoms. The zero-order valence-corrected chi connectivity index (χ0v) is 9.90. The third-order valence-corrected chi connectivity index (χ3v) is 4.44. The van der Waals surface area contributed by atoms with Crippen molar-refractivity contribution < 1.29 is 4.39 Å². The van der Waals surface area contributed by atoms with Gasteiger partial charge in [0.05, 0.1) is 4.21 Å². The van der Waals surface area contributed by atoms with Crippen LogP contribution in [0, 0.1) is 5.82 Å². The highest BCUT2D eigenvalue weighted by Crippen LogP contribution is 2.34. The Morgan fingerprint density at radius 3 is 2.86 bits per heavy atom. The normalized spacial score (nSPS) is 11.1. The summed E-state index contributed by atoms with van der Waals surface area (Å²) >= 11 is 8.91. The van der Waals surface area contributed by atoms with Crippen LogP contribution in [0.25, 0.3) is 10.1 Å². The predicted molar refractivity (Wildman–Crippen MR) is 63.1 cm³/mol. The van der Waals surface area contributed by atoms with E-state index >= 15 is 0 Å². The molecule has 4 heteroatoms. The predicted octanol–water partition coefficient (Wildman–Crippen LogP) is 4.50. The van der Waals surface area contributed by atoms with Gasteiger partial charge in [-0.25, -0.2) is 4.39 Å². The molecule has 1 aromatic carbocycles. The van der Waals surface area contributed by atoms with Gasteiger partial charge < -0.3 is 0 Å². The first-order chi connectivity index (χ1) is 6.74. The van der Waals surface area contributed by atoms with Crippen LogP contribution in [0.15, 0.2) is 22.4 Å². The van der Waals surface area contributed by atoms with Crippen LogP contribution in [0.3, 0.4) is 0 Å². The summed E-state index contributed by atoms with van der Waals surface area (Å²) in [6.45, 7) is 0. The lowest BCUT2D eigenvalue weighted by atomic mass is 10.2. The SMILES string of the molecule is CSc1cc2c(F)cc(CCl)cc2s1. The largest absolute Gasteiger partial charge is 0.206 e. The first kappa shape index (κ1) is 10.3. The van der Waals surface area contributed by atoms with E-state index in [1.165, 1.54) is 6.07 Å². The summed E-state index contributed by atoms with van der Waals surface area (Å²) in [6, 6.07) is 5.35. The van der Waals surface area contributed by atoms with Crippen molar-refractivity contribution in [2.45, 2.75) is 10.1 Å². The second-order valence-electron chi connectivity index (χ2n) is 2.89. The van der Waals surface area contributed by atoms with Crippen molar-refractivity contribution in [3.8, 4) is 0 Å². The van der Waals surface area contributed by atoms with Gasteiger partial charge in [0.25, 0.3) is 0 Å². The highest BCUT2D eigenvalue weighted by atomic mass is 35.5. The summed E-state index contributed by atoms with van der Waals surface area (Å²) in [5, 5.41) is 0.702. The molecule has 2 aromatic rings. The molecule has 14 heavy (non-hydrogen) atoms. The van der Waals surface area contributed by atoms with E-state index < -0.39 is 0 Å². The van der Waals surface area contributed by atoms with Crippen molar-refractivity contribution in [1.29, 1.82) is 0 Å². The van der Waals surface area contributed by atoms with Crippen LogP contribution in [0.4, 0.5) is 4.39 Å². The molecule has 0 N–H and O–H groups in total. The molecule has 74 valence electrons. The van der Waals surface area contributed by atoms with Crippen LogP contribution < -0.4 is 0 Å². The van der Waals surface area contributed by atoms with E-state index in [-0.39, 0.29) is 5.82 Å². The van der Waals surface area contributed by atoms with Crippen molar-refractivity contribution in [2.24, 2.45) is 0 Å². The zero-order chi connectivity index (χ0) is 10.1. The fourth-order valence-corrected chi connectivity index (χ4v) is 3.17. The number of fused-ring (bicyclic) bond motifs is 1. The summed E-state index contributed by atoms with van der Waals surface area (Å²) in [4.78, 5) is 0. The van der Waals surface area contributed by atoms with Crippen molar-refractivity contribution >= 4 is 44.8 Å². The Bertz CT molecular complexity index is 464. The van der Waals surface area contributed by atoms with Gasteiger partial charge in [0.2, 0.25) is 0 Å². The van der Waals surface area contributed by atoms with Crippen LogP contribution in [0.2, 0.25) is 0 Å². The van der Waals surface area contributed by atoms with Gasteiger partial charge in [0.1, 0.15) is 5.82 Å². The molecule has 0 saturated heterocycles. The third-order valence-electron chi connectivity index (χ3n) is 1.98. The maximum atomic E-state index is 13.5. The van der Waals surface area contributed by atoms with Crippen molar-refractivity contribution in [3.05, 3.63) is 29.6 Å². The van der Waals surface area contributed by atoms with E-state index in [1.807, 2.05) is 18.4 Å². The lowest BCUT2D eigenvalue weighted by Gasteiger charge is -1.96. The van der Waals surface area contributed by atoms with Gasteiger partial charge in [0, 0.05) is 16.0 Å². The molecule has 0 spiro atoms. The minimum absolute atomic E-state index is 0.172. The second-order valence-corrected chi connectivity index (χ2v) is 5.35. The number of rotatable bonds is 2. The molecule has 0 fully saturated rings. The Labute approximate surface area is 95.1 Å². The standard InChI is InChI=1S/C10H8ClFS2/c1-13-10-4-7-8(12)2-6(5-11)3-9(7)14-10/h2-4H,5H2,1H3. The molecule has 1 heterocycles. The fraction of sp³-hybridized carbons (Fsp3) is 0.200. The van der Waals surface area contributed by atoms with Crippen molar-refractivity contribution in [3.63, 3.8) is 0 Å². The molecule has 1 aromatic heterocycles. The number of hydrogen-bond donors (Lipinski definition) is 0. The van der Waals surface area contributed by atoms with Crippen molar-refractivity contribution in [1.82, 2.24) is 0 Å². The quantitative estimate of drug-likeness (QED) is 0.555. The van der Waals surface area contributed by atoms with Gasteiger partial charge in [-0.05, 0) is 30.0 Å². The minimum Gasteiger partial charge on any atom is -0.206 e. The number of thiophene rings is 1. The molecule has 2 rings (SSSR count). The highest BCUT2D eigenvalue weighted by Gasteiger charge is 2.07. The number of hydrogen-bond acceptors (Lipinski definition) is 2. The monoisotopic (exact) mass is 246 g/mol. The Morgan fingerprint density at radius 2 is 2.21 bits per heavy atom. The smallest absolute Gasteiger partial charge is 0.132 e. The summed E-state index contributed by atoms with van der Waals surface area (Å²) in [5.41, 5.74) is 0.839. The van der Waals surface area contributed by atoms with Crippen LogP contribution in [-0.2, 0) is 5.88 Å². The highest BCUT2D eigenvalue weighted by molar-refractivity contribution is 8.00. The van der Waals surface area contributed by atoms with Gasteiger partial charge in [-0.3, -0.25) is 0 Å². The fourth-order valence-electron chi connectivity index (χ4n) is 1.30. The lowest BCUT2D eigenvalue weighted by Crippen LogP contribution is -1.80. The molecule has 0 aliphatic rings. The molecule has 0 radical (unpaired) electrons. The maximum Gasteiger partial charge on any atom is 0.132 e. The molecule has 0 aliphatic heterocycles. The minimum atomic E-state index is -0.172. The van der Waals surface area contributed by atoms with E-state index in [0.717, 1.165) is 14.5 Å². The van der Waals surface area contributed by atoms with Crippen LogP contribution in [0.1, 0.15) is 5.56 Å². The first-order valence-electron chi connectivity index (χ1n) is 4.06. The summed E-state index contributed by atoms with van der Waals surface area (Å²) in [5.74, 6) is 0.189. The number of halogens is 2. The second kappa shape index (κ2) is 4.09. The first-order valence-corrected chi connectivity index (χ1v) is 6.64. The van der Waals surface area contributed by atoms with Crippen LogP contribution in [-0.4, -0.2) is 6.26 Å². The Hall–Kier alpha value is -0.250. The number of benzene rings is 1. The molecule has 0 nitrogen and oxygen atoms in total. The average Bonchev–Trinajstić information content (AvgIpc) is 2.61. The van der Waals surface area contributed by atoms with E-state index in [2.05, 4.69) is 0 Å². The Balaban J connectivity index is 2.67. The van der Waals surface area contributed by atoms with Gasteiger partial charge in [-0.15, -0.1) is 34.7 Å². The van der Waals surface area contributed by atoms with Crippen LogP contribution >= 0.6 is 34.7 Å². The third kappa shape index (κ3) is 1.76. The van der Waals surface area contributed by atoms with E-state index in [1.54, 1.807) is 23.1 Å². The number of thioether (sulfide) groups is 1. The molecule has 0 unspecified atom stereocenters. The van der Waals surface area contributed by atoms with Crippen LogP contribution in [0.5, 0.6) is 0 Å². The summed E-state index contributed by atoms with van der Waals surface area (Å²) < 4.78 is 15.6. The Morgan fingerprint density at radius 1 is 1.43 bits per heavy atom. The zero-order valence-electron chi connectivity index (χ0n) is 7.51. The molecular formula is C10H8ClFS2. The molecular weight excluding hydrogens is 239 g/mol. The molecule has 0 saturated carbocycles. The maximum absolute atomic E-state index is 13.5. The van der Waals surface area contributed by atoms with Gasteiger partial charge >= 0.3 is 0 Å². The molecule has 0 amide bonds. The van der Waals surface area contributed by atoms with Gasteiger partial charge in [-0.1, -0.05) is 0 Å². The topological polar surface area (TPSA) is 0 Å². The van der Waals surface area contributed by atoms with E-state index in [0.29, 0.717) is 11.3 Å². The number of alkyl halides is 1. The Kier molecular flexibility index (Phi) is 3.00. The molecule has 0 atom stereocenters.